The number of rotatable bonds is 2. The van der Waals surface area contributed by atoms with Crippen LogP contribution in [0.3, 0.4) is 0 Å². The second kappa shape index (κ2) is 4.14. The monoisotopic (exact) mass is 286 g/mol. The molecule has 0 aromatic rings. The number of carboxylic acids is 1. The van der Waals surface area contributed by atoms with Gasteiger partial charge >= 0.3 is 5.97 Å². The minimum Gasteiger partial charge on any atom is -0.481 e. The Labute approximate surface area is 127 Å². The maximum absolute atomic E-state index is 11.4. The van der Waals surface area contributed by atoms with Gasteiger partial charge in [-0.05, 0) is 92.3 Å². The summed E-state index contributed by atoms with van der Waals surface area (Å²) in [7, 11) is 0. The molecule has 4 fully saturated rings. The molecule has 0 heterocycles. The summed E-state index contributed by atoms with van der Waals surface area (Å²) in [4.78, 5) is 11.4. The second-order valence-electron chi connectivity index (χ2n) is 8.77. The molecule has 4 saturated carbocycles. The van der Waals surface area contributed by atoms with E-state index in [1.807, 2.05) is 0 Å². The average molecular weight is 286 g/mol. The predicted molar refractivity (Wildman–Crippen MR) is 80.6 cm³/mol. The first-order valence-corrected chi connectivity index (χ1v) is 9.08. The molecular formula is C19H26O2. The third-order valence-electron chi connectivity index (χ3n) is 8.17. The Morgan fingerprint density at radius 3 is 2.62 bits per heavy atom. The number of carboxylic acid groups (broad SMARTS) is 1. The van der Waals surface area contributed by atoms with Crippen molar-refractivity contribution in [3.05, 3.63) is 12.2 Å². The van der Waals surface area contributed by atoms with Gasteiger partial charge in [-0.15, -0.1) is 0 Å². The zero-order valence-electron chi connectivity index (χ0n) is 12.7. The summed E-state index contributed by atoms with van der Waals surface area (Å²) in [6.07, 6.45) is 15.3. The Balaban J connectivity index is 1.41. The molecule has 0 aromatic carbocycles. The highest BCUT2D eigenvalue weighted by molar-refractivity contribution is 5.70. The van der Waals surface area contributed by atoms with E-state index in [0.717, 1.165) is 48.3 Å². The lowest BCUT2D eigenvalue weighted by Crippen LogP contribution is -2.40. The maximum Gasteiger partial charge on any atom is 0.306 e. The molecule has 0 radical (unpaired) electrons. The first-order valence-electron chi connectivity index (χ1n) is 9.08. The molecule has 5 aliphatic rings. The van der Waals surface area contributed by atoms with Gasteiger partial charge in [-0.3, -0.25) is 4.79 Å². The van der Waals surface area contributed by atoms with Gasteiger partial charge in [0.25, 0.3) is 0 Å². The summed E-state index contributed by atoms with van der Waals surface area (Å²) in [5.41, 5.74) is 0.533. The molecule has 5 aliphatic carbocycles. The maximum atomic E-state index is 11.4. The van der Waals surface area contributed by atoms with Crippen LogP contribution in [0.2, 0.25) is 0 Å². The summed E-state index contributed by atoms with van der Waals surface area (Å²) in [5, 5.41) is 9.40. The molecule has 4 bridgehead atoms. The van der Waals surface area contributed by atoms with Crippen LogP contribution in [0.1, 0.15) is 51.4 Å². The highest BCUT2D eigenvalue weighted by Crippen LogP contribution is 2.68. The summed E-state index contributed by atoms with van der Waals surface area (Å²) >= 11 is 0. The number of aliphatic carboxylic acids is 1. The molecular weight excluding hydrogens is 260 g/mol. The Bertz CT molecular complexity index is 510. The van der Waals surface area contributed by atoms with Crippen LogP contribution in [0, 0.1) is 46.8 Å². The third kappa shape index (κ3) is 1.62. The molecule has 8 atom stereocenters. The number of fused-ring (bicyclic) bond motifs is 7. The fourth-order valence-corrected chi connectivity index (χ4v) is 7.38. The molecule has 0 aliphatic heterocycles. The van der Waals surface area contributed by atoms with Crippen molar-refractivity contribution < 1.29 is 9.90 Å². The highest BCUT2D eigenvalue weighted by atomic mass is 16.4. The van der Waals surface area contributed by atoms with Crippen LogP contribution < -0.4 is 0 Å². The molecule has 114 valence electrons. The van der Waals surface area contributed by atoms with E-state index < -0.39 is 5.97 Å². The van der Waals surface area contributed by atoms with Crippen molar-refractivity contribution in [1.29, 1.82) is 0 Å². The smallest absolute Gasteiger partial charge is 0.306 e. The Kier molecular flexibility index (Phi) is 2.51. The number of allylic oxidation sites excluding steroid dienone is 2. The number of hydrogen-bond donors (Lipinski definition) is 1. The van der Waals surface area contributed by atoms with Gasteiger partial charge in [0, 0.05) is 0 Å². The fourth-order valence-electron chi connectivity index (χ4n) is 7.38. The molecule has 1 N–H and O–H groups in total. The van der Waals surface area contributed by atoms with Crippen molar-refractivity contribution >= 4 is 5.97 Å². The zero-order chi connectivity index (χ0) is 14.2. The molecule has 0 saturated heterocycles. The van der Waals surface area contributed by atoms with Crippen LogP contribution in [0.25, 0.3) is 0 Å². The lowest BCUT2D eigenvalue weighted by atomic mass is 9.58. The van der Waals surface area contributed by atoms with Crippen molar-refractivity contribution in [3.8, 4) is 0 Å². The van der Waals surface area contributed by atoms with E-state index in [1.54, 1.807) is 0 Å². The highest BCUT2D eigenvalue weighted by Gasteiger charge is 2.60. The first kappa shape index (κ1) is 12.7. The number of hydrogen-bond acceptors (Lipinski definition) is 1. The molecule has 0 aromatic heterocycles. The Morgan fingerprint density at radius 2 is 1.95 bits per heavy atom. The normalized spacial score (nSPS) is 56.9. The van der Waals surface area contributed by atoms with Gasteiger partial charge in [0.2, 0.25) is 0 Å². The topological polar surface area (TPSA) is 37.3 Å². The van der Waals surface area contributed by atoms with Crippen LogP contribution in [0.4, 0.5) is 0 Å². The van der Waals surface area contributed by atoms with Gasteiger partial charge in [-0.2, -0.15) is 0 Å². The van der Waals surface area contributed by atoms with E-state index in [9.17, 15) is 9.90 Å². The zero-order valence-corrected chi connectivity index (χ0v) is 12.7. The van der Waals surface area contributed by atoms with E-state index in [2.05, 4.69) is 12.2 Å². The quantitative estimate of drug-likeness (QED) is 0.775. The van der Waals surface area contributed by atoms with Crippen LogP contribution in [0.15, 0.2) is 12.2 Å². The minimum absolute atomic E-state index is 0.0424. The number of carbonyl (C=O) groups is 1. The van der Waals surface area contributed by atoms with Crippen LogP contribution in [0.5, 0.6) is 0 Å². The van der Waals surface area contributed by atoms with Crippen molar-refractivity contribution in [3.63, 3.8) is 0 Å². The summed E-state index contributed by atoms with van der Waals surface area (Å²) in [6, 6.07) is 0. The standard InChI is InChI=1S/C19H26O2/c20-18(21)12-1-2-14-13-8-16(15(14)7-12)17(9-13)19-5-3-11(10-19)4-6-19/h3,5,11-17H,1-2,4,6-10H2,(H,20,21). The van der Waals surface area contributed by atoms with Crippen molar-refractivity contribution in [2.45, 2.75) is 51.4 Å². The average Bonchev–Trinajstić information content (AvgIpc) is 3.25. The van der Waals surface area contributed by atoms with Gasteiger partial charge < -0.3 is 5.11 Å². The fraction of sp³-hybridized carbons (Fsp3) is 0.842. The van der Waals surface area contributed by atoms with Gasteiger partial charge in [-0.25, -0.2) is 0 Å². The Morgan fingerprint density at radius 1 is 1.05 bits per heavy atom. The molecule has 2 heteroatoms. The molecule has 21 heavy (non-hydrogen) atoms. The SMILES string of the molecule is O=C(O)C1CCC2C3CC(C2C1)C(C12C=CC(CC1)C2)C3. The predicted octanol–water partition coefficient (Wildman–Crippen LogP) is 4.12. The van der Waals surface area contributed by atoms with Crippen LogP contribution in [-0.4, -0.2) is 11.1 Å². The molecule has 5 rings (SSSR count). The van der Waals surface area contributed by atoms with E-state index in [4.69, 9.17) is 0 Å². The van der Waals surface area contributed by atoms with Crippen molar-refractivity contribution in [1.82, 2.24) is 0 Å². The van der Waals surface area contributed by atoms with E-state index in [-0.39, 0.29) is 5.92 Å². The lowest BCUT2D eigenvalue weighted by Gasteiger charge is -2.46. The minimum atomic E-state index is -0.535. The van der Waals surface area contributed by atoms with E-state index in [0.29, 0.717) is 5.41 Å². The van der Waals surface area contributed by atoms with Gasteiger partial charge in [0.05, 0.1) is 5.92 Å². The van der Waals surface area contributed by atoms with Crippen LogP contribution >= 0.6 is 0 Å². The summed E-state index contributed by atoms with van der Waals surface area (Å²) in [6.45, 7) is 0. The largest absolute Gasteiger partial charge is 0.481 e. The van der Waals surface area contributed by atoms with Gasteiger partial charge in [-0.1, -0.05) is 12.2 Å². The molecule has 8 unspecified atom stereocenters. The molecule has 0 amide bonds. The summed E-state index contributed by atoms with van der Waals surface area (Å²) < 4.78 is 0. The van der Waals surface area contributed by atoms with E-state index in [1.165, 1.54) is 38.5 Å². The van der Waals surface area contributed by atoms with Crippen molar-refractivity contribution in [2.24, 2.45) is 46.8 Å². The first-order chi connectivity index (χ1) is 10.2. The summed E-state index contributed by atoms with van der Waals surface area (Å²) in [5.74, 6) is 4.59. The second-order valence-corrected chi connectivity index (χ2v) is 8.77. The lowest BCUT2D eigenvalue weighted by molar-refractivity contribution is -0.144. The van der Waals surface area contributed by atoms with Crippen LogP contribution in [-0.2, 0) is 4.79 Å². The van der Waals surface area contributed by atoms with E-state index >= 15 is 0 Å². The Hall–Kier alpha value is -0.790. The molecule has 0 spiro atoms. The van der Waals surface area contributed by atoms with Gasteiger partial charge in [0.15, 0.2) is 0 Å². The van der Waals surface area contributed by atoms with Gasteiger partial charge in [0.1, 0.15) is 0 Å². The molecule has 2 nitrogen and oxygen atoms in total. The van der Waals surface area contributed by atoms with Crippen molar-refractivity contribution in [2.75, 3.05) is 0 Å². The third-order valence-corrected chi connectivity index (χ3v) is 8.17.